The highest BCUT2D eigenvalue weighted by atomic mass is 19.3. The van der Waals surface area contributed by atoms with Crippen molar-refractivity contribution in [2.24, 2.45) is 10.7 Å². The summed E-state index contributed by atoms with van der Waals surface area (Å²) in [7, 11) is 0. The summed E-state index contributed by atoms with van der Waals surface area (Å²) in [5.74, 6) is -3.89. The molecule has 41 heavy (non-hydrogen) atoms. The highest BCUT2D eigenvalue weighted by Crippen LogP contribution is 2.41. The van der Waals surface area contributed by atoms with E-state index in [0.717, 1.165) is 22.0 Å². The van der Waals surface area contributed by atoms with E-state index in [9.17, 15) is 18.0 Å². The van der Waals surface area contributed by atoms with Gasteiger partial charge in [-0.15, -0.1) is 0 Å². The number of hydrogen-bond acceptors (Lipinski definition) is 5. The van der Waals surface area contributed by atoms with Crippen LogP contribution in [0, 0.1) is 5.82 Å². The van der Waals surface area contributed by atoms with Gasteiger partial charge in [0, 0.05) is 72.3 Å². The van der Waals surface area contributed by atoms with Crippen LogP contribution in [-0.4, -0.2) is 43.6 Å². The van der Waals surface area contributed by atoms with Crippen molar-refractivity contribution in [3.05, 3.63) is 83.7 Å². The topological polar surface area (TPSA) is 114 Å². The zero-order valence-corrected chi connectivity index (χ0v) is 22.9. The molecule has 0 spiro atoms. The predicted octanol–water partition coefficient (Wildman–Crippen LogP) is 6.27. The fraction of sp³-hybridized carbons (Fsp3) is 0.333. The Morgan fingerprint density at radius 3 is 2.76 bits per heavy atom. The number of nitrogens with zero attached hydrogens (tertiary/aromatic N) is 4. The number of alkyl halides is 2. The number of fused-ring (bicyclic) bond motifs is 1. The molecular weight excluding hydrogens is 531 g/mol. The number of carbonyl (C=O) groups excluding carboxylic acids is 1. The number of halogens is 3. The molecule has 1 fully saturated rings. The molecule has 3 aromatic heterocycles. The highest BCUT2D eigenvalue weighted by Gasteiger charge is 2.36. The first-order chi connectivity index (χ1) is 19.6. The van der Waals surface area contributed by atoms with Crippen LogP contribution in [0.2, 0.25) is 0 Å². The molecule has 0 unspecified atom stereocenters. The molecular formula is C30H32F3N7O. The number of carbonyl (C=O) groups is 1. The maximum Gasteiger partial charge on any atom is 0.275 e. The Hall–Kier alpha value is -4.41. The largest absolute Gasteiger partial charge is 0.404 e. The highest BCUT2D eigenvalue weighted by molar-refractivity contribution is 6.12. The van der Waals surface area contributed by atoms with E-state index in [2.05, 4.69) is 25.3 Å². The lowest BCUT2D eigenvalue weighted by Crippen LogP contribution is -2.24. The lowest BCUT2D eigenvalue weighted by Gasteiger charge is -2.28. The summed E-state index contributed by atoms with van der Waals surface area (Å²) in [6.45, 7) is 4.20. The van der Waals surface area contributed by atoms with Gasteiger partial charge >= 0.3 is 0 Å². The van der Waals surface area contributed by atoms with Crippen LogP contribution in [0.4, 0.5) is 18.9 Å². The van der Waals surface area contributed by atoms with Crippen LogP contribution in [0.25, 0.3) is 16.5 Å². The van der Waals surface area contributed by atoms with Gasteiger partial charge in [-0.1, -0.05) is 6.07 Å². The van der Waals surface area contributed by atoms with Crippen molar-refractivity contribution in [2.75, 3.05) is 5.32 Å². The van der Waals surface area contributed by atoms with Gasteiger partial charge in [0.05, 0.1) is 24.3 Å². The van der Waals surface area contributed by atoms with Crippen LogP contribution in [0.1, 0.15) is 72.8 Å². The van der Waals surface area contributed by atoms with Crippen LogP contribution in [0.15, 0.2) is 60.4 Å². The molecule has 5 rings (SSSR count). The molecule has 1 aliphatic carbocycles. The van der Waals surface area contributed by atoms with E-state index in [-0.39, 0.29) is 55.6 Å². The average Bonchev–Trinajstić information content (AvgIpc) is 3.56. The number of hydrogen-bond donors (Lipinski definition) is 3. The summed E-state index contributed by atoms with van der Waals surface area (Å²) in [6, 6.07) is 7.26. The molecule has 3 heterocycles. The zero-order valence-electron chi connectivity index (χ0n) is 22.9. The van der Waals surface area contributed by atoms with E-state index < -0.39 is 17.6 Å². The monoisotopic (exact) mass is 563 g/mol. The van der Waals surface area contributed by atoms with E-state index in [4.69, 9.17) is 5.73 Å². The van der Waals surface area contributed by atoms with E-state index in [0.29, 0.717) is 11.3 Å². The number of nitrogens with two attached hydrogens (primary N) is 1. The van der Waals surface area contributed by atoms with Gasteiger partial charge in [0.25, 0.3) is 5.91 Å². The quantitative estimate of drug-likeness (QED) is 0.219. The van der Waals surface area contributed by atoms with Gasteiger partial charge in [0.2, 0.25) is 5.92 Å². The Morgan fingerprint density at radius 2 is 2.05 bits per heavy atom. The Balaban J connectivity index is 1.26. The molecule has 1 aliphatic rings. The summed E-state index contributed by atoms with van der Waals surface area (Å²) in [5, 5.41) is 3.70. The number of aromatic nitrogens is 4. The maximum atomic E-state index is 14.8. The minimum atomic E-state index is -2.68. The number of rotatable bonds is 8. The van der Waals surface area contributed by atoms with Crippen molar-refractivity contribution in [1.82, 2.24) is 19.5 Å². The fourth-order valence-corrected chi connectivity index (χ4v) is 5.00. The predicted molar refractivity (Wildman–Crippen MR) is 154 cm³/mol. The van der Waals surface area contributed by atoms with Gasteiger partial charge in [0.15, 0.2) is 0 Å². The van der Waals surface area contributed by atoms with Gasteiger partial charge in [-0.2, -0.15) is 0 Å². The van der Waals surface area contributed by atoms with Crippen molar-refractivity contribution in [3.63, 3.8) is 0 Å². The summed E-state index contributed by atoms with van der Waals surface area (Å²) in [5.41, 5.74) is 9.87. The number of amides is 1. The van der Waals surface area contributed by atoms with Crippen molar-refractivity contribution >= 4 is 34.3 Å². The Bertz CT molecular complexity index is 1610. The van der Waals surface area contributed by atoms with Crippen molar-refractivity contribution < 1.29 is 18.0 Å². The summed E-state index contributed by atoms with van der Waals surface area (Å²) >= 11 is 0. The first-order valence-corrected chi connectivity index (χ1v) is 13.5. The molecule has 0 radical (unpaired) electrons. The molecule has 0 aliphatic heterocycles. The molecule has 1 amide bonds. The Morgan fingerprint density at radius 1 is 1.27 bits per heavy atom. The molecule has 1 saturated carbocycles. The number of H-pyrrole nitrogens is 1. The minimum Gasteiger partial charge on any atom is -0.404 e. The number of allylic oxidation sites excluding steroid dienone is 1. The van der Waals surface area contributed by atoms with Crippen LogP contribution in [0.5, 0.6) is 0 Å². The molecule has 1 aromatic carbocycles. The first-order valence-electron chi connectivity index (χ1n) is 13.5. The Kier molecular flexibility index (Phi) is 7.96. The molecule has 4 N–H and O–H groups in total. The average molecular weight is 564 g/mol. The third-order valence-electron chi connectivity index (χ3n) is 7.22. The summed E-state index contributed by atoms with van der Waals surface area (Å²) in [6.07, 6.45) is 9.47. The van der Waals surface area contributed by atoms with Crippen molar-refractivity contribution in [2.45, 2.75) is 64.0 Å². The van der Waals surface area contributed by atoms with Crippen LogP contribution < -0.4 is 11.1 Å². The smallest absolute Gasteiger partial charge is 0.275 e. The zero-order chi connectivity index (χ0) is 29.1. The second-order valence-corrected chi connectivity index (χ2v) is 10.7. The van der Waals surface area contributed by atoms with Gasteiger partial charge in [-0.25, -0.2) is 18.2 Å². The molecule has 0 bridgehead atoms. The lowest BCUT2D eigenvalue weighted by molar-refractivity contribution is -0.0387. The number of nitrogens with one attached hydrogen (secondary N) is 2. The number of aromatic amines is 1. The van der Waals surface area contributed by atoms with Gasteiger partial charge < -0.3 is 20.6 Å². The number of pyridine rings is 1. The molecule has 4 aromatic rings. The van der Waals surface area contributed by atoms with E-state index in [1.54, 1.807) is 29.4 Å². The summed E-state index contributed by atoms with van der Waals surface area (Å²) in [4.78, 5) is 29.0. The number of benzene rings is 1. The SMILES string of the molecule is CC(C)N=CC(=CN)c1ccc2[nH]cc(NC(=O)c3cn(Cc4cnc(C5CCC(F)(F)CC5)c(F)c4)cn3)c2c1. The molecule has 0 saturated heterocycles. The molecule has 214 valence electrons. The number of anilines is 1. The van der Waals surface area contributed by atoms with E-state index >= 15 is 0 Å². The fourth-order valence-electron chi connectivity index (χ4n) is 5.00. The molecule has 11 heteroatoms. The third-order valence-corrected chi connectivity index (χ3v) is 7.22. The second kappa shape index (κ2) is 11.6. The second-order valence-electron chi connectivity index (χ2n) is 10.7. The van der Waals surface area contributed by atoms with Gasteiger partial charge in [0.1, 0.15) is 11.5 Å². The maximum absolute atomic E-state index is 14.8. The van der Waals surface area contributed by atoms with Gasteiger partial charge in [-0.3, -0.25) is 14.8 Å². The minimum absolute atomic E-state index is 0.130. The summed E-state index contributed by atoms with van der Waals surface area (Å²) < 4.78 is 43.4. The lowest BCUT2D eigenvalue weighted by atomic mass is 9.84. The van der Waals surface area contributed by atoms with Crippen LogP contribution in [-0.2, 0) is 6.54 Å². The normalized spacial score (nSPS) is 16.2. The molecule has 0 atom stereocenters. The van der Waals surface area contributed by atoms with Gasteiger partial charge in [-0.05, 0) is 56.0 Å². The van der Waals surface area contributed by atoms with Crippen LogP contribution >= 0.6 is 0 Å². The standard InChI is InChI=1S/C30H32F3N7O/c1-18(2)35-13-22(11-34)21-3-4-25-23(10-21)26(14-36-25)39-29(41)27-16-40(17-38-27)15-19-9-24(31)28(37-12-19)20-5-7-30(32,33)8-6-20/h3-4,9-14,16-18,20,36H,5-8,15,34H2,1-2H3,(H,39,41). The first kappa shape index (κ1) is 28.1. The third kappa shape index (κ3) is 6.50. The van der Waals surface area contributed by atoms with Crippen molar-refractivity contribution in [1.29, 1.82) is 0 Å². The molecule has 8 nitrogen and oxygen atoms in total. The van der Waals surface area contributed by atoms with E-state index in [1.807, 2.05) is 32.0 Å². The number of aliphatic imine (C=N–C) groups is 1. The number of imidazole rings is 1. The Labute approximate surface area is 235 Å². The van der Waals surface area contributed by atoms with Crippen LogP contribution in [0.3, 0.4) is 0 Å². The van der Waals surface area contributed by atoms with Crippen molar-refractivity contribution in [3.8, 4) is 0 Å². The van der Waals surface area contributed by atoms with E-state index in [1.165, 1.54) is 18.6 Å².